The Morgan fingerprint density at radius 2 is 2.16 bits per heavy atom. The Kier molecular flexibility index (Phi) is 4.55. The molecule has 0 aliphatic heterocycles. The number of amides is 1. The zero-order valence-corrected chi connectivity index (χ0v) is 11.6. The molecule has 4 nitrogen and oxygen atoms in total. The SMILES string of the molecule is CCCCCC(C)NC(=O)c1n[nH]c2ccccc12. The van der Waals surface area contributed by atoms with E-state index >= 15 is 0 Å². The highest BCUT2D eigenvalue weighted by Crippen LogP contribution is 2.15. The number of nitrogens with one attached hydrogen (secondary N) is 2. The molecule has 19 heavy (non-hydrogen) atoms. The smallest absolute Gasteiger partial charge is 0.272 e. The predicted octanol–water partition coefficient (Wildman–Crippen LogP) is 3.26. The number of unbranched alkanes of at least 4 members (excludes halogenated alkanes) is 2. The fourth-order valence-corrected chi connectivity index (χ4v) is 2.20. The average Bonchev–Trinajstić information content (AvgIpc) is 2.83. The first kappa shape index (κ1) is 13.6. The summed E-state index contributed by atoms with van der Waals surface area (Å²) in [7, 11) is 0. The number of hydrogen-bond acceptors (Lipinski definition) is 2. The van der Waals surface area contributed by atoms with Crippen LogP contribution >= 0.6 is 0 Å². The number of carbonyl (C=O) groups excluding carboxylic acids is 1. The molecule has 0 saturated heterocycles. The number of carbonyl (C=O) groups is 1. The first-order valence-electron chi connectivity index (χ1n) is 6.96. The zero-order valence-electron chi connectivity index (χ0n) is 11.6. The number of benzene rings is 1. The summed E-state index contributed by atoms with van der Waals surface area (Å²) in [6.45, 7) is 4.22. The van der Waals surface area contributed by atoms with Crippen LogP contribution < -0.4 is 5.32 Å². The number of para-hydroxylation sites is 1. The Hall–Kier alpha value is -1.84. The Morgan fingerprint density at radius 3 is 2.95 bits per heavy atom. The summed E-state index contributed by atoms with van der Waals surface area (Å²) in [5.74, 6) is -0.0959. The molecular weight excluding hydrogens is 238 g/mol. The fourth-order valence-electron chi connectivity index (χ4n) is 2.20. The normalized spacial score (nSPS) is 12.5. The molecule has 0 radical (unpaired) electrons. The van der Waals surface area contributed by atoms with Crippen LogP contribution in [0.4, 0.5) is 0 Å². The maximum absolute atomic E-state index is 12.2. The third-order valence-corrected chi connectivity index (χ3v) is 3.30. The lowest BCUT2D eigenvalue weighted by atomic mass is 10.1. The van der Waals surface area contributed by atoms with E-state index in [-0.39, 0.29) is 11.9 Å². The molecule has 2 N–H and O–H groups in total. The molecule has 0 saturated carbocycles. The van der Waals surface area contributed by atoms with Gasteiger partial charge in [-0.05, 0) is 19.4 Å². The van der Waals surface area contributed by atoms with Gasteiger partial charge in [-0.1, -0.05) is 44.4 Å². The second-order valence-corrected chi connectivity index (χ2v) is 4.99. The number of aromatic nitrogens is 2. The van der Waals surface area contributed by atoms with E-state index in [2.05, 4.69) is 22.4 Å². The van der Waals surface area contributed by atoms with E-state index in [1.165, 1.54) is 12.8 Å². The zero-order chi connectivity index (χ0) is 13.7. The van der Waals surface area contributed by atoms with Gasteiger partial charge in [0.05, 0.1) is 5.52 Å². The van der Waals surface area contributed by atoms with Crippen molar-refractivity contribution in [2.45, 2.75) is 45.6 Å². The molecule has 0 bridgehead atoms. The molecule has 0 spiro atoms. The summed E-state index contributed by atoms with van der Waals surface area (Å²) < 4.78 is 0. The van der Waals surface area contributed by atoms with Gasteiger partial charge in [-0.3, -0.25) is 9.89 Å². The number of hydrogen-bond donors (Lipinski definition) is 2. The minimum atomic E-state index is -0.0959. The van der Waals surface area contributed by atoms with E-state index in [4.69, 9.17) is 0 Å². The van der Waals surface area contributed by atoms with Crippen LogP contribution in [0.2, 0.25) is 0 Å². The molecule has 1 aromatic heterocycles. The molecule has 2 rings (SSSR count). The number of aromatic amines is 1. The third kappa shape index (κ3) is 3.34. The van der Waals surface area contributed by atoms with Crippen LogP contribution in [-0.4, -0.2) is 22.1 Å². The molecule has 1 amide bonds. The van der Waals surface area contributed by atoms with Gasteiger partial charge in [-0.15, -0.1) is 0 Å². The molecular formula is C15H21N3O. The second-order valence-electron chi connectivity index (χ2n) is 4.99. The Morgan fingerprint density at radius 1 is 1.37 bits per heavy atom. The van der Waals surface area contributed by atoms with Crippen LogP contribution in [0.1, 0.15) is 50.0 Å². The maximum Gasteiger partial charge on any atom is 0.272 e. The van der Waals surface area contributed by atoms with Crippen LogP contribution in [0, 0.1) is 0 Å². The monoisotopic (exact) mass is 259 g/mol. The van der Waals surface area contributed by atoms with Crippen LogP contribution in [-0.2, 0) is 0 Å². The quantitative estimate of drug-likeness (QED) is 0.782. The molecule has 1 unspecified atom stereocenters. The number of nitrogens with zero attached hydrogens (tertiary/aromatic N) is 1. The van der Waals surface area contributed by atoms with Crippen LogP contribution in [0.5, 0.6) is 0 Å². The summed E-state index contributed by atoms with van der Waals surface area (Å²) in [4.78, 5) is 12.2. The van der Waals surface area contributed by atoms with E-state index < -0.39 is 0 Å². The molecule has 1 atom stereocenters. The Bertz CT molecular complexity index is 547. The summed E-state index contributed by atoms with van der Waals surface area (Å²) >= 11 is 0. The molecule has 0 fully saturated rings. The van der Waals surface area contributed by atoms with Gasteiger partial charge >= 0.3 is 0 Å². The van der Waals surface area contributed by atoms with Gasteiger partial charge < -0.3 is 5.32 Å². The van der Waals surface area contributed by atoms with Gasteiger partial charge in [0.2, 0.25) is 0 Å². The minimum Gasteiger partial charge on any atom is -0.348 e. The van der Waals surface area contributed by atoms with Crippen LogP contribution in [0.3, 0.4) is 0 Å². The van der Waals surface area contributed by atoms with Crippen molar-refractivity contribution in [3.05, 3.63) is 30.0 Å². The highest BCUT2D eigenvalue weighted by Gasteiger charge is 2.15. The molecule has 0 aliphatic carbocycles. The number of rotatable bonds is 6. The molecule has 102 valence electrons. The van der Waals surface area contributed by atoms with E-state index in [9.17, 15) is 4.79 Å². The Labute approximate surface area is 113 Å². The molecule has 1 heterocycles. The topological polar surface area (TPSA) is 57.8 Å². The van der Waals surface area contributed by atoms with E-state index in [1.807, 2.05) is 31.2 Å². The lowest BCUT2D eigenvalue weighted by Crippen LogP contribution is -2.32. The third-order valence-electron chi connectivity index (χ3n) is 3.30. The first-order chi connectivity index (χ1) is 9.22. The fraction of sp³-hybridized carbons (Fsp3) is 0.467. The van der Waals surface area contributed by atoms with Crippen molar-refractivity contribution in [3.8, 4) is 0 Å². The summed E-state index contributed by atoms with van der Waals surface area (Å²) in [6.07, 6.45) is 4.58. The van der Waals surface area contributed by atoms with Gasteiger partial charge in [0.1, 0.15) is 0 Å². The standard InChI is InChI=1S/C15H21N3O/c1-3-4-5-8-11(2)16-15(19)14-12-9-6-7-10-13(12)17-18-14/h6-7,9-11H,3-5,8H2,1-2H3,(H,16,19)(H,17,18). The highest BCUT2D eigenvalue weighted by molar-refractivity contribution is 6.04. The first-order valence-corrected chi connectivity index (χ1v) is 6.96. The summed E-state index contributed by atoms with van der Waals surface area (Å²) in [6, 6.07) is 7.86. The van der Waals surface area contributed by atoms with E-state index in [0.29, 0.717) is 5.69 Å². The largest absolute Gasteiger partial charge is 0.348 e. The molecule has 2 aromatic rings. The lowest BCUT2D eigenvalue weighted by molar-refractivity contribution is 0.0934. The van der Waals surface area contributed by atoms with Crippen molar-refractivity contribution in [1.82, 2.24) is 15.5 Å². The van der Waals surface area contributed by atoms with E-state index in [0.717, 1.165) is 23.7 Å². The van der Waals surface area contributed by atoms with Gasteiger partial charge in [0.15, 0.2) is 5.69 Å². The van der Waals surface area contributed by atoms with Crippen LogP contribution in [0.25, 0.3) is 10.9 Å². The average molecular weight is 259 g/mol. The molecule has 1 aromatic carbocycles. The summed E-state index contributed by atoms with van der Waals surface area (Å²) in [5, 5.41) is 10.9. The van der Waals surface area contributed by atoms with E-state index in [1.54, 1.807) is 0 Å². The minimum absolute atomic E-state index is 0.0959. The lowest BCUT2D eigenvalue weighted by Gasteiger charge is -2.12. The second kappa shape index (κ2) is 6.36. The molecule has 0 aliphatic rings. The number of fused-ring (bicyclic) bond motifs is 1. The van der Waals surface area contributed by atoms with Crippen LogP contribution in [0.15, 0.2) is 24.3 Å². The van der Waals surface area contributed by atoms with Gasteiger partial charge in [-0.25, -0.2) is 0 Å². The highest BCUT2D eigenvalue weighted by atomic mass is 16.2. The number of H-pyrrole nitrogens is 1. The van der Waals surface area contributed by atoms with Gasteiger partial charge in [0.25, 0.3) is 5.91 Å². The van der Waals surface area contributed by atoms with Crippen molar-refractivity contribution in [2.24, 2.45) is 0 Å². The maximum atomic E-state index is 12.2. The van der Waals surface area contributed by atoms with Crippen molar-refractivity contribution in [3.63, 3.8) is 0 Å². The van der Waals surface area contributed by atoms with Crippen molar-refractivity contribution < 1.29 is 4.79 Å². The van der Waals surface area contributed by atoms with Gasteiger partial charge in [0, 0.05) is 11.4 Å². The summed E-state index contributed by atoms with van der Waals surface area (Å²) in [5.41, 5.74) is 1.38. The van der Waals surface area contributed by atoms with Crippen molar-refractivity contribution in [2.75, 3.05) is 0 Å². The molecule has 4 heteroatoms. The predicted molar refractivity (Wildman–Crippen MR) is 77.2 cm³/mol. The van der Waals surface area contributed by atoms with Crippen molar-refractivity contribution in [1.29, 1.82) is 0 Å². The van der Waals surface area contributed by atoms with Crippen molar-refractivity contribution >= 4 is 16.8 Å². The van der Waals surface area contributed by atoms with Gasteiger partial charge in [-0.2, -0.15) is 5.10 Å². The Balaban J connectivity index is 2.00.